The molecule has 0 aromatic carbocycles. The van der Waals surface area contributed by atoms with Crippen LogP contribution in [0.5, 0.6) is 0 Å². The summed E-state index contributed by atoms with van der Waals surface area (Å²) >= 11 is 5.34. The number of hydrogen-bond donors (Lipinski definition) is 1. The third-order valence-corrected chi connectivity index (χ3v) is 5.30. The average Bonchev–Trinajstić information content (AvgIpc) is 2.81. The summed E-state index contributed by atoms with van der Waals surface area (Å²) in [4.78, 5) is 4.04. The molecule has 4 heteroatoms. The summed E-state index contributed by atoms with van der Waals surface area (Å²) < 4.78 is 1.21. The number of nitrogens with zero attached hydrogens (tertiary/aromatic N) is 1. The molecule has 1 aliphatic rings. The zero-order valence-electron chi connectivity index (χ0n) is 11.1. The van der Waals surface area contributed by atoms with Crippen molar-refractivity contribution in [2.75, 3.05) is 19.6 Å². The minimum absolute atomic E-state index is 0.712. The van der Waals surface area contributed by atoms with E-state index in [1.165, 1.54) is 54.7 Å². The highest BCUT2D eigenvalue weighted by Crippen LogP contribution is 2.20. The van der Waals surface area contributed by atoms with Gasteiger partial charge in [0.2, 0.25) is 0 Å². The Balaban J connectivity index is 1.64. The fraction of sp³-hybridized carbons (Fsp3) is 0.714. The van der Waals surface area contributed by atoms with Crippen molar-refractivity contribution in [3.8, 4) is 0 Å². The quantitative estimate of drug-likeness (QED) is 0.851. The van der Waals surface area contributed by atoms with Crippen LogP contribution in [0, 0.1) is 0 Å². The van der Waals surface area contributed by atoms with Crippen molar-refractivity contribution in [3.63, 3.8) is 0 Å². The molecule has 0 amide bonds. The highest BCUT2D eigenvalue weighted by molar-refractivity contribution is 9.10. The summed E-state index contributed by atoms with van der Waals surface area (Å²) in [5, 5.41) is 5.85. The Bertz CT molecular complexity index is 345. The molecule has 2 rings (SSSR count). The van der Waals surface area contributed by atoms with Gasteiger partial charge in [0.15, 0.2) is 0 Å². The molecule has 0 bridgehead atoms. The Hall–Kier alpha value is 0.1000. The van der Waals surface area contributed by atoms with Crippen molar-refractivity contribution in [1.82, 2.24) is 10.2 Å². The van der Waals surface area contributed by atoms with Crippen molar-refractivity contribution >= 4 is 27.3 Å². The van der Waals surface area contributed by atoms with Crippen LogP contribution in [0.25, 0.3) is 0 Å². The third kappa shape index (κ3) is 4.65. The van der Waals surface area contributed by atoms with Gasteiger partial charge in [-0.1, -0.05) is 13.3 Å². The van der Waals surface area contributed by atoms with Gasteiger partial charge in [-0.05, 0) is 60.9 Å². The molecule has 2 heterocycles. The van der Waals surface area contributed by atoms with E-state index in [-0.39, 0.29) is 0 Å². The van der Waals surface area contributed by atoms with Gasteiger partial charge in [-0.3, -0.25) is 0 Å². The SMILES string of the molecule is CCCCN1CCC(NCc2cc(Br)cs2)CC1. The van der Waals surface area contributed by atoms with E-state index in [1.807, 2.05) is 11.3 Å². The Morgan fingerprint density at radius 1 is 1.44 bits per heavy atom. The third-order valence-electron chi connectivity index (χ3n) is 3.60. The minimum atomic E-state index is 0.712. The Morgan fingerprint density at radius 2 is 2.22 bits per heavy atom. The summed E-state index contributed by atoms with van der Waals surface area (Å²) in [5.41, 5.74) is 0. The van der Waals surface area contributed by atoms with Gasteiger partial charge in [-0.2, -0.15) is 0 Å². The Labute approximate surface area is 123 Å². The maximum absolute atomic E-state index is 3.69. The van der Waals surface area contributed by atoms with Gasteiger partial charge in [-0.25, -0.2) is 0 Å². The first kappa shape index (κ1) is 14.5. The van der Waals surface area contributed by atoms with Gasteiger partial charge in [0.05, 0.1) is 0 Å². The molecule has 1 fully saturated rings. The van der Waals surface area contributed by atoms with Crippen molar-refractivity contribution in [3.05, 3.63) is 20.8 Å². The lowest BCUT2D eigenvalue weighted by Crippen LogP contribution is -2.42. The van der Waals surface area contributed by atoms with E-state index in [4.69, 9.17) is 0 Å². The number of hydrogen-bond acceptors (Lipinski definition) is 3. The van der Waals surface area contributed by atoms with Gasteiger partial charge in [0.1, 0.15) is 0 Å². The van der Waals surface area contributed by atoms with Gasteiger partial charge in [-0.15, -0.1) is 11.3 Å². The molecule has 0 spiro atoms. The van der Waals surface area contributed by atoms with Crippen LogP contribution < -0.4 is 5.32 Å². The van der Waals surface area contributed by atoms with E-state index in [9.17, 15) is 0 Å². The molecule has 1 saturated heterocycles. The number of halogens is 1. The van der Waals surface area contributed by atoms with Crippen LogP contribution in [0.4, 0.5) is 0 Å². The molecule has 1 aromatic heterocycles. The molecule has 18 heavy (non-hydrogen) atoms. The predicted molar refractivity (Wildman–Crippen MR) is 83.2 cm³/mol. The predicted octanol–water partition coefficient (Wildman–Crippen LogP) is 3.86. The molecule has 1 N–H and O–H groups in total. The highest BCUT2D eigenvalue weighted by Gasteiger charge is 2.18. The topological polar surface area (TPSA) is 15.3 Å². The van der Waals surface area contributed by atoms with Crippen molar-refractivity contribution in [2.45, 2.75) is 45.2 Å². The number of nitrogens with one attached hydrogen (secondary N) is 1. The van der Waals surface area contributed by atoms with Crippen LogP contribution in [0.3, 0.4) is 0 Å². The highest BCUT2D eigenvalue weighted by atomic mass is 79.9. The molecule has 0 atom stereocenters. The summed E-state index contributed by atoms with van der Waals surface area (Å²) in [6, 6.07) is 2.93. The molecule has 0 aliphatic carbocycles. The van der Waals surface area contributed by atoms with Crippen LogP contribution in [-0.2, 0) is 6.54 Å². The lowest BCUT2D eigenvalue weighted by Gasteiger charge is -2.32. The standard InChI is InChI=1S/C14H23BrN2S/c1-2-3-6-17-7-4-13(5-8-17)16-10-14-9-12(15)11-18-14/h9,11,13,16H,2-8,10H2,1H3. The molecule has 1 aliphatic heterocycles. The second-order valence-corrected chi connectivity index (χ2v) is 6.99. The van der Waals surface area contributed by atoms with Crippen molar-refractivity contribution < 1.29 is 0 Å². The maximum Gasteiger partial charge on any atom is 0.0302 e. The second-order valence-electron chi connectivity index (χ2n) is 5.08. The smallest absolute Gasteiger partial charge is 0.0302 e. The van der Waals surface area contributed by atoms with Crippen LogP contribution in [0.15, 0.2) is 15.9 Å². The van der Waals surface area contributed by atoms with Crippen molar-refractivity contribution in [1.29, 1.82) is 0 Å². The zero-order chi connectivity index (χ0) is 12.8. The number of piperidine rings is 1. The first-order valence-electron chi connectivity index (χ1n) is 6.96. The summed E-state index contributed by atoms with van der Waals surface area (Å²) in [6.45, 7) is 7.13. The number of thiophene rings is 1. The maximum atomic E-state index is 3.69. The molecule has 1 aromatic rings. The average molecular weight is 331 g/mol. The lowest BCUT2D eigenvalue weighted by molar-refractivity contribution is 0.195. The van der Waals surface area contributed by atoms with Crippen LogP contribution >= 0.6 is 27.3 Å². The number of likely N-dealkylation sites (tertiary alicyclic amines) is 1. The van der Waals surface area contributed by atoms with E-state index >= 15 is 0 Å². The van der Waals surface area contributed by atoms with Crippen LogP contribution in [0.1, 0.15) is 37.5 Å². The molecular formula is C14H23BrN2S. The first-order valence-corrected chi connectivity index (χ1v) is 8.64. The van der Waals surface area contributed by atoms with Crippen molar-refractivity contribution in [2.24, 2.45) is 0 Å². The molecule has 0 unspecified atom stereocenters. The molecule has 0 radical (unpaired) electrons. The monoisotopic (exact) mass is 330 g/mol. The summed E-state index contributed by atoms with van der Waals surface area (Å²) in [5.74, 6) is 0. The number of rotatable bonds is 6. The Morgan fingerprint density at radius 3 is 2.83 bits per heavy atom. The summed E-state index contributed by atoms with van der Waals surface area (Å²) in [7, 11) is 0. The van der Waals surface area contributed by atoms with Gasteiger partial charge < -0.3 is 10.2 Å². The fourth-order valence-electron chi connectivity index (χ4n) is 2.43. The zero-order valence-corrected chi connectivity index (χ0v) is 13.5. The van der Waals surface area contributed by atoms with Crippen LogP contribution in [-0.4, -0.2) is 30.6 Å². The molecule has 2 nitrogen and oxygen atoms in total. The molecule has 0 saturated carbocycles. The van der Waals surface area contributed by atoms with E-state index < -0.39 is 0 Å². The van der Waals surface area contributed by atoms with E-state index in [0.29, 0.717) is 6.04 Å². The molecular weight excluding hydrogens is 308 g/mol. The minimum Gasteiger partial charge on any atom is -0.309 e. The first-order chi connectivity index (χ1) is 8.78. The van der Waals surface area contributed by atoms with Gasteiger partial charge in [0, 0.05) is 27.3 Å². The summed E-state index contributed by atoms with van der Waals surface area (Å²) in [6.07, 6.45) is 5.26. The molecule has 102 valence electrons. The lowest BCUT2D eigenvalue weighted by atomic mass is 10.0. The Kier molecular flexibility index (Phi) is 6.15. The normalized spacial score (nSPS) is 18.3. The van der Waals surface area contributed by atoms with E-state index in [1.54, 1.807) is 0 Å². The second kappa shape index (κ2) is 7.63. The van der Waals surface area contributed by atoms with E-state index in [0.717, 1.165) is 6.54 Å². The fourth-order valence-corrected chi connectivity index (χ4v) is 3.84. The van der Waals surface area contributed by atoms with Gasteiger partial charge >= 0.3 is 0 Å². The number of unbranched alkanes of at least 4 members (excludes halogenated alkanes) is 1. The largest absolute Gasteiger partial charge is 0.309 e. The van der Waals surface area contributed by atoms with Crippen LogP contribution in [0.2, 0.25) is 0 Å². The van der Waals surface area contributed by atoms with E-state index in [2.05, 4.69) is 44.5 Å². The van der Waals surface area contributed by atoms with Gasteiger partial charge in [0.25, 0.3) is 0 Å².